The van der Waals surface area contributed by atoms with Crippen molar-refractivity contribution in [2.75, 3.05) is 6.54 Å². The minimum absolute atomic E-state index is 0.0267. The normalized spacial score (nSPS) is 25.7. The summed E-state index contributed by atoms with van der Waals surface area (Å²) in [6.45, 7) is 5.23. The van der Waals surface area contributed by atoms with Crippen LogP contribution in [0, 0.1) is 5.92 Å². The topological polar surface area (TPSA) is 54.3 Å². The van der Waals surface area contributed by atoms with Crippen molar-refractivity contribution in [1.82, 2.24) is 14.8 Å². The Balaban J connectivity index is 1.45. The molecule has 32 heavy (non-hydrogen) atoms. The molecule has 2 aromatic heterocycles. The van der Waals surface area contributed by atoms with Gasteiger partial charge in [0.15, 0.2) is 0 Å². The molecular formula is C26H31N3O2S. The second-order valence-electron chi connectivity index (χ2n) is 9.68. The van der Waals surface area contributed by atoms with E-state index in [4.69, 9.17) is 0 Å². The molecule has 1 atom stereocenters. The standard InChI is InChI=1S/C26H31N3O2S/c1-18-8-10-20(11-9-18)27-25(31)26(2)17-28-21-13-15-32-23(21)16-22(28)24(30)29(26)14-12-19-6-4-3-5-7-19/h3-7,13,15-16,18,20H,8-12,14,17H2,1-2H3,(H,27,31)/t18?,20?,26-/m0/s1. The molecule has 0 bridgehead atoms. The number of thiophene rings is 1. The molecule has 5 nitrogen and oxygen atoms in total. The minimum atomic E-state index is -0.921. The summed E-state index contributed by atoms with van der Waals surface area (Å²) in [7, 11) is 0. The van der Waals surface area contributed by atoms with E-state index in [0.29, 0.717) is 18.8 Å². The lowest BCUT2D eigenvalue weighted by atomic mass is 9.86. The first-order chi connectivity index (χ1) is 15.5. The van der Waals surface area contributed by atoms with E-state index in [-0.39, 0.29) is 17.9 Å². The third kappa shape index (κ3) is 3.75. The van der Waals surface area contributed by atoms with Crippen molar-refractivity contribution in [2.24, 2.45) is 5.92 Å². The summed E-state index contributed by atoms with van der Waals surface area (Å²) >= 11 is 1.64. The van der Waals surface area contributed by atoms with Crippen molar-refractivity contribution in [3.63, 3.8) is 0 Å². The number of benzene rings is 1. The first-order valence-corrected chi connectivity index (χ1v) is 12.6. The molecule has 3 aromatic rings. The molecule has 0 unspecified atom stereocenters. The second-order valence-corrected chi connectivity index (χ2v) is 10.6. The van der Waals surface area contributed by atoms with Gasteiger partial charge in [-0.2, -0.15) is 0 Å². The van der Waals surface area contributed by atoms with Crippen molar-refractivity contribution < 1.29 is 9.59 Å². The van der Waals surface area contributed by atoms with Gasteiger partial charge in [0.2, 0.25) is 5.91 Å². The molecule has 3 heterocycles. The van der Waals surface area contributed by atoms with Crippen LogP contribution in [0.15, 0.2) is 47.8 Å². The van der Waals surface area contributed by atoms with Crippen LogP contribution in [0.5, 0.6) is 0 Å². The lowest BCUT2D eigenvalue weighted by molar-refractivity contribution is -0.133. The van der Waals surface area contributed by atoms with Crippen molar-refractivity contribution in [1.29, 1.82) is 0 Å². The van der Waals surface area contributed by atoms with E-state index in [0.717, 1.165) is 48.2 Å². The first kappa shape index (κ1) is 21.3. The third-order valence-electron chi connectivity index (χ3n) is 7.36. The fourth-order valence-electron chi connectivity index (χ4n) is 5.25. The third-order valence-corrected chi connectivity index (χ3v) is 8.21. The number of carbonyl (C=O) groups is 2. The average molecular weight is 450 g/mol. The van der Waals surface area contributed by atoms with Gasteiger partial charge in [0.1, 0.15) is 11.2 Å². The molecule has 1 aliphatic carbocycles. The Morgan fingerprint density at radius 3 is 2.66 bits per heavy atom. The maximum Gasteiger partial charge on any atom is 0.271 e. The van der Waals surface area contributed by atoms with Gasteiger partial charge in [0.25, 0.3) is 5.91 Å². The van der Waals surface area contributed by atoms with Gasteiger partial charge in [-0.25, -0.2) is 0 Å². The number of hydrogen-bond acceptors (Lipinski definition) is 3. The molecule has 2 aliphatic rings. The van der Waals surface area contributed by atoms with E-state index in [1.807, 2.05) is 41.5 Å². The predicted molar refractivity (Wildman–Crippen MR) is 129 cm³/mol. The number of aromatic nitrogens is 1. The summed E-state index contributed by atoms with van der Waals surface area (Å²) in [5.41, 5.74) is 1.99. The SMILES string of the molecule is CC1CCC(NC(=O)[C@]2(C)Cn3c(cc4sccc43)C(=O)N2CCc2ccccc2)CC1. The molecule has 6 heteroatoms. The molecule has 2 amide bonds. The van der Waals surface area contributed by atoms with Crippen LogP contribution in [0.2, 0.25) is 0 Å². The Morgan fingerprint density at radius 2 is 1.91 bits per heavy atom. The molecular weight excluding hydrogens is 418 g/mol. The summed E-state index contributed by atoms with van der Waals surface area (Å²) in [4.78, 5) is 29.2. The molecule has 1 N–H and O–H groups in total. The number of nitrogens with zero attached hydrogens (tertiary/aromatic N) is 2. The van der Waals surface area contributed by atoms with Crippen LogP contribution in [0.3, 0.4) is 0 Å². The fourth-order valence-corrected chi connectivity index (χ4v) is 6.08. The van der Waals surface area contributed by atoms with Gasteiger partial charge in [-0.1, -0.05) is 37.3 Å². The van der Waals surface area contributed by atoms with Crippen LogP contribution in [-0.4, -0.2) is 39.4 Å². The van der Waals surface area contributed by atoms with Gasteiger partial charge >= 0.3 is 0 Å². The van der Waals surface area contributed by atoms with Gasteiger partial charge in [-0.3, -0.25) is 9.59 Å². The number of carbonyl (C=O) groups excluding carboxylic acids is 2. The zero-order valence-corrected chi connectivity index (χ0v) is 19.7. The van der Waals surface area contributed by atoms with Crippen LogP contribution in [0.25, 0.3) is 10.2 Å². The Morgan fingerprint density at radius 1 is 1.16 bits per heavy atom. The summed E-state index contributed by atoms with van der Waals surface area (Å²) in [6.07, 6.45) is 5.06. The monoisotopic (exact) mass is 449 g/mol. The molecule has 1 aliphatic heterocycles. The van der Waals surface area contributed by atoms with Crippen LogP contribution in [0.1, 0.15) is 55.6 Å². The second kappa shape index (κ2) is 8.39. The van der Waals surface area contributed by atoms with E-state index in [2.05, 4.69) is 35.0 Å². The van der Waals surface area contributed by atoms with E-state index < -0.39 is 5.54 Å². The zero-order valence-electron chi connectivity index (χ0n) is 18.8. The van der Waals surface area contributed by atoms with Crippen molar-refractivity contribution in [3.8, 4) is 0 Å². The minimum Gasteiger partial charge on any atom is -0.351 e. The van der Waals surface area contributed by atoms with Gasteiger partial charge in [-0.15, -0.1) is 11.3 Å². The predicted octanol–water partition coefficient (Wildman–Crippen LogP) is 4.85. The number of rotatable bonds is 5. The Hall–Kier alpha value is -2.60. The highest BCUT2D eigenvalue weighted by atomic mass is 32.1. The highest BCUT2D eigenvalue weighted by Crippen LogP contribution is 2.35. The Labute approximate surface area is 193 Å². The molecule has 1 fully saturated rings. The molecule has 0 spiro atoms. The highest BCUT2D eigenvalue weighted by molar-refractivity contribution is 7.17. The molecule has 0 saturated heterocycles. The summed E-state index contributed by atoms with van der Waals surface area (Å²) < 4.78 is 3.15. The maximum atomic E-state index is 13.7. The Bertz CT molecular complexity index is 1130. The van der Waals surface area contributed by atoms with Crippen LogP contribution in [-0.2, 0) is 17.8 Å². The molecule has 5 rings (SSSR count). The van der Waals surface area contributed by atoms with E-state index in [1.54, 1.807) is 11.3 Å². The number of nitrogens with one attached hydrogen (secondary N) is 1. The quantitative estimate of drug-likeness (QED) is 0.605. The summed E-state index contributed by atoms with van der Waals surface area (Å²) in [6, 6.07) is 14.4. The number of hydrogen-bond donors (Lipinski definition) is 1. The van der Waals surface area contributed by atoms with E-state index in [1.165, 1.54) is 5.56 Å². The lowest BCUT2D eigenvalue weighted by Gasteiger charge is -2.45. The molecule has 1 saturated carbocycles. The smallest absolute Gasteiger partial charge is 0.271 e. The molecule has 168 valence electrons. The zero-order chi connectivity index (χ0) is 22.3. The highest BCUT2D eigenvalue weighted by Gasteiger charge is 2.48. The van der Waals surface area contributed by atoms with Crippen LogP contribution < -0.4 is 5.32 Å². The number of amides is 2. The molecule has 1 aromatic carbocycles. The average Bonchev–Trinajstić information content (AvgIpc) is 3.38. The summed E-state index contributed by atoms with van der Waals surface area (Å²) in [5.74, 6) is 0.651. The Kier molecular flexibility index (Phi) is 5.58. The molecule has 0 radical (unpaired) electrons. The van der Waals surface area contributed by atoms with Crippen molar-refractivity contribution >= 4 is 33.4 Å². The maximum absolute atomic E-state index is 13.7. The van der Waals surface area contributed by atoms with E-state index >= 15 is 0 Å². The fraction of sp³-hybridized carbons (Fsp3) is 0.462. The van der Waals surface area contributed by atoms with E-state index in [9.17, 15) is 9.59 Å². The van der Waals surface area contributed by atoms with Crippen LogP contribution >= 0.6 is 11.3 Å². The number of fused-ring (bicyclic) bond motifs is 3. The van der Waals surface area contributed by atoms with Crippen molar-refractivity contribution in [2.45, 2.75) is 64.1 Å². The van der Waals surface area contributed by atoms with Gasteiger partial charge in [-0.05, 0) is 68.0 Å². The van der Waals surface area contributed by atoms with Crippen molar-refractivity contribution in [3.05, 3.63) is 59.1 Å². The van der Waals surface area contributed by atoms with Gasteiger partial charge in [0.05, 0.1) is 16.8 Å². The summed E-state index contributed by atoms with van der Waals surface area (Å²) in [5, 5.41) is 5.37. The van der Waals surface area contributed by atoms with Gasteiger partial charge in [0, 0.05) is 12.6 Å². The lowest BCUT2D eigenvalue weighted by Crippen LogP contribution is -2.65. The van der Waals surface area contributed by atoms with Crippen LogP contribution in [0.4, 0.5) is 0 Å². The van der Waals surface area contributed by atoms with Gasteiger partial charge < -0.3 is 14.8 Å². The first-order valence-electron chi connectivity index (χ1n) is 11.7. The largest absolute Gasteiger partial charge is 0.351 e.